The van der Waals surface area contributed by atoms with Crippen LogP contribution in [-0.2, 0) is 4.79 Å². The Morgan fingerprint density at radius 3 is 2.64 bits per heavy atom. The molecule has 3 rings (SSSR count). The fraction of sp³-hybridized carbons (Fsp3) is 0.650. The number of ether oxygens (including phenoxy) is 1. The third-order valence-electron chi connectivity index (χ3n) is 5.29. The third kappa shape index (κ3) is 5.19. The molecular formula is C20H30N2O3. The van der Waals surface area contributed by atoms with Crippen LogP contribution in [0.3, 0.4) is 0 Å². The predicted molar refractivity (Wildman–Crippen MR) is 97.7 cm³/mol. The van der Waals surface area contributed by atoms with Gasteiger partial charge in [0.25, 0.3) is 0 Å². The number of carbonyl (C=O) groups excluding carboxylic acids is 1. The van der Waals surface area contributed by atoms with Crippen LogP contribution in [0.15, 0.2) is 24.3 Å². The van der Waals surface area contributed by atoms with E-state index in [-0.39, 0.29) is 5.92 Å². The van der Waals surface area contributed by atoms with E-state index in [4.69, 9.17) is 4.74 Å². The summed E-state index contributed by atoms with van der Waals surface area (Å²) in [4.78, 5) is 16.7. The molecule has 1 aliphatic carbocycles. The molecule has 1 aliphatic heterocycles. The molecule has 1 saturated carbocycles. The molecule has 1 N–H and O–H groups in total. The number of rotatable bonds is 6. The number of aliphatic hydroxyl groups excluding tert-OH is 1. The Hall–Kier alpha value is -1.59. The van der Waals surface area contributed by atoms with Gasteiger partial charge in [0.1, 0.15) is 18.5 Å². The van der Waals surface area contributed by atoms with E-state index in [1.54, 1.807) is 0 Å². The highest BCUT2D eigenvalue weighted by Crippen LogP contribution is 2.26. The van der Waals surface area contributed by atoms with Gasteiger partial charge in [0.15, 0.2) is 0 Å². The molecule has 0 aromatic heterocycles. The van der Waals surface area contributed by atoms with Crippen LogP contribution in [0, 0.1) is 12.8 Å². The zero-order chi connectivity index (χ0) is 17.6. The number of hydrogen-bond donors (Lipinski definition) is 1. The fourth-order valence-corrected chi connectivity index (χ4v) is 3.83. The standard InChI is InChI=1S/C20H30N2O3/c1-16-5-4-8-19(13-16)25-15-18(23)14-21-9-11-22(12-10-21)20(24)17-6-2-3-7-17/h4-5,8,13,17-18,23H,2-3,6-7,9-12,14-15H2,1H3. The number of carbonyl (C=O) groups is 1. The van der Waals surface area contributed by atoms with Gasteiger partial charge in [0, 0.05) is 38.6 Å². The summed E-state index contributed by atoms with van der Waals surface area (Å²) in [6, 6.07) is 7.86. The van der Waals surface area contributed by atoms with Gasteiger partial charge in [-0.15, -0.1) is 0 Å². The molecule has 1 aromatic rings. The summed E-state index contributed by atoms with van der Waals surface area (Å²) in [5, 5.41) is 10.2. The average Bonchev–Trinajstić information content (AvgIpc) is 3.15. The lowest BCUT2D eigenvalue weighted by Gasteiger charge is -2.36. The first kappa shape index (κ1) is 18.2. The Kier molecular flexibility index (Phi) is 6.32. The second-order valence-corrected chi connectivity index (χ2v) is 7.39. The first-order valence-corrected chi connectivity index (χ1v) is 9.50. The lowest BCUT2D eigenvalue weighted by atomic mass is 10.1. The van der Waals surface area contributed by atoms with Gasteiger partial charge in [-0.05, 0) is 37.5 Å². The fourth-order valence-electron chi connectivity index (χ4n) is 3.83. The number of amides is 1. The molecule has 1 saturated heterocycles. The van der Waals surface area contributed by atoms with E-state index in [0.29, 0.717) is 19.1 Å². The Labute approximate surface area is 150 Å². The van der Waals surface area contributed by atoms with Crippen LogP contribution in [0.25, 0.3) is 0 Å². The maximum atomic E-state index is 12.5. The summed E-state index contributed by atoms with van der Waals surface area (Å²) in [7, 11) is 0. The van der Waals surface area contributed by atoms with Gasteiger partial charge in [0.2, 0.25) is 5.91 Å². The van der Waals surface area contributed by atoms with E-state index in [1.165, 1.54) is 12.8 Å². The molecule has 1 heterocycles. The summed E-state index contributed by atoms with van der Waals surface area (Å²) in [6.07, 6.45) is 4.01. The molecule has 1 atom stereocenters. The molecule has 5 nitrogen and oxygen atoms in total. The van der Waals surface area contributed by atoms with E-state index in [0.717, 1.165) is 50.3 Å². The van der Waals surface area contributed by atoms with Crippen LogP contribution < -0.4 is 4.74 Å². The number of benzene rings is 1. The van der Waals surface area contributed by atoms with Gasteiger partial charge in [-0.2, -0.15) is 0 Å². The first-order chi connectivity index (χ1) is 12.1. The Bertz CT molecular complexity index is 564. The lowest BCUT2D eigenvalue weighted by molar-refractivity contribution is -0.137. The Morgan fingerprint density at radius 1 is 1.24 bits per heavy atom. The van der Waals surface area contributed by atoms with Crippen molar-refractivity contribution in [2.75, 3.05) is 39.3 Å². The maximum Gasteiger partial charge on any atom is 0.225 e. The van der Waals surface area contributed by atoms with Crippen molar-refractivity contribution in [3.05, 3.63) is 29.8 Å². The summed E-state index contributed by atoms with van der Waals surface area (Å²) in [6.45, 7) is 6.14. The largest absolute Gasteiger partial charge is 0.491 e. The van der Waals surface area contributed by atoms with Crippen molar-refractivity contribution in [2.24, 2.45) is 5.92 Å². The zero-order valence-corrected chi connectivity index (χ0v) is 15.2. The van der Waals surface area contributed by atoms with Crippen LogP contribution in [0.1, 0.15) is 31.2 Å². The van der Waals surface area contributed by atoms with Gasteiger partial charge in [-0.3, -0.25) is 9.69 Å². The highest BCUT2D eigenvalue weighted by molar-refractivity contribution is 5.79. The number of nitrogens with zero attached hydrogens (tertiary/aromatic N) is 2. The van der Waals surface area contributed by atoms with E-state index >= 15 is 0 Å². The Morgan fingerprint density at radius 2 is 1.96 bits per heavy atom. The number of aryl methyl sites for hydroxylation is 1. The van der Waals surface area contributed by atoms with Crippen molar-refractivity contribution in [3.63, 3.8) is 0 Å². The van der Waals surface area contributed by atoms with Gasteiger partial charge >= 0.3 is 0 Å². The second-order valence-electron chi connectivity index (χ2n) is 7.39. The normalized spacial score (nSPS) is 20.6. The topological polar surface area (TPSA) is 53.0 Å². The summed E-state index contributed by atoms with van der Waals surface area (Å²) >= 11 is 0. The molecule has 138 valence electrons. The maximum absolute atomic E-state index is 12.5. The van der Waals surface area contributed by atoms with Crippen LogP contribution >= 0.6 is 0 Å². The molecule has 25 heavy (non-hydrogen) atoms. The zero-order valence-electron chi connectivity index (χ0n) is 15.2. The van der Waals surface area contributed by atoms with Crippen molar-refractivity contribution in [2.45, 2.75) is 38.7 Å². The number of piperazine rings is 1. The van der Waals surface area contributed by atoms with Gasteiger partial charge < -0.3 is 14.7 Å². The molecule has 2 aliphatic rings. The average molecular weight is 346 g/mol. The van der Waals surface area contributed by atoms with Crippen molar-refractivity contribution in [1.29, 1.82) is 0 Å². The van der Waals surface area contributed by atoms with E-state index in [9.17, 15) is 9.90 Å². The molecule has 1 amide bonds. The molecule has 1 unspecified atom stereocenters. The highest BCUT2D eigenvalue weighted by atomic mass is 16.5. The van der Waals surface area contributed by atoms with Crippen molar-refractivity contribution >= 4 is 5.91 Å². The Balaban J connectivity index is 1.37. The monoisotopic (exact) mass is 346 g/mol. The SMILES string of the molecule is Cc1cccc(OCC(O)CN2CCN(C(=O)C3CCCC3)CC2)c1. The quantitative estimate of drug-likeness (QED) is 0.857. The minimum Gasteiger partial charge on any atom is -0.491 e. The minimum absolute atomic E-state index is 0.264. The van der Waals surface area contributed by atoms with Crippen LogP contribution in [0.4, 0.5) is 0 Å². The lowest BCUT2D eigenvalue weighted by Crippen LogP contribution is -2.52. The number of hydrogen-bond acceptors (Lipinski definition) is 4. The van der Waals surface area contributed by atoms with Crippen LogP contribution in [-0.4, -0.2) is 66.2 Å². The van der Waals surface area contributed by atoms with E-state index in [2.05, 4.69) is 4.90 Å². The molecular weight excluding hydrogens is 316 g/mol. The molecule has 1 aromatic carbocycles. The van der Waals surface area contributed by atoms with Crippen molar-refractivity contribution in [1.82, 2.24) is 9.80 Å². The van der Waals surface area contributed by atoms with Crippen LogP contribution in [0.5, 0.6) is 5.75 Å². The van der Waals surface area contributed by atoms with Crippen molar-refractivity contribution in [3.8, 4) is 5.75 Å². The second kappa shape index (κ2) is 8.68. The summed E-state index contributed by atoms with van der Waals surface area (Å²) in [5.41, 5.74) is 1.15. The van der Waals surface area contributed by atoms with Crippen molar-refractivity contribution < 1.29 is 14.6 Å². The highest BCUT2D eigenvalue weighted by Gasteiger charge is 2.29. The molecule has 2 fully saturated rings. The van der Waals surface area contributed by atoms with E-state index < -0.39 is 6.10 Å². The van der Waals surface area contributed by atoms with E-state index in [1.807, 2.05) is 36.1 Å². The molecule has 5 heteroatoms. The molecule has 0 bridgehead atoms. The smallest absolute Gasteiger partial charge is 0.225 e. The number of β-amino-alcohol motifs (C(OH)–C–C–N with tert-alkyl or cyclic N) is 1. The minimum atomic E-state index is -0.516. The third-order valence-corrected chi connectivity index (χ3v) is 5.29. The summed E-state index contributed by atoms with van der Waals surface area (Å²) < 4.78 is 5.68. The van der Waals surface area contributed by atoms with Gasteiger partial charge in [0.05, 0.1) is 0 Å². The predicted octanol–water partition coefficient (Wildman–Crippen LogP) is 2.07. The van der Waals surface area contributed by atoms with Gasteiger partial charge in [-0.1, -0.05) is 25.0 Å². The molecule has 0 radical (unpaired) electrons. The molecule has 0 spiro atoms. The first-order valence-electron chi connectivity index (χ1n) is 9.50. The van der Waals surface area contributed by atoms with Crippen LogP contribution in [0.2, 0.25) is 0 Å². The summed E-state index contributed by atoms with van der Waals surface area (Å²) in [5.74, 6) is 1.41. The van der Waals surface area contributed by atoms with Gasteiger partial charge in [-0.25, -0.2) is 0 Å². The number of aliphatic hydroxyl groups is 1.